The quantitative estimate of drug-likeness (QED) is 0.731. The molecule has 2 heterocycles. The smallest absolute Gasteiger partial charge is 0.225 e. The van der Waals surface area contributed by atoms with E-state index in [0.717, 1.165) is 6.42 Å². The molecule has 2 rings (SSSR count). The molecule has 0 saturated carbocycles. The molecule has 0 aliphatic heterocycles. The summed E-state index contributed by atoms with van der Waals surface area (Å²) in [4.78, 5) is 4.07. The third-order valence-corrected chi connectivity index (χ3v) is 1.77. The summed E-state index contributed by atoms with van der Waals surface area (Å²) in [5, 5.41) is 11.8. The molecule has 0 unspecified atom stereocenters. The summed E-state index contributed by atoms with van der Waals surface area (Å²) in [7, 11) is 0. The molecule has 0 aliphatic carbocycles. The van der Waals surface area contributed by atoms with Gasteiger partial charge in [-0.1, -0.05) is 6.92 Å². The van der Waals surface area contributed by atoms with Gasteiger partial charge < -0.3 is 5.73 Å². The normalized spacial score (nSPS) is 10.4. The van der Waals surface area contributed by atoms with Gasteiger partial charge in [-0.05, 0) is 12.1 Å². The minimum absolute atomic E-state index is 0.336. The Balaban J connectivity index is 2.46. The van der Waals surface area contributed by atoms with Gasteiger partial charge in [0.1, 0.15) is 0 Å². The molecule has 0 bridgehead atoms. The summed E-state index contributed by atoms with van der Waals surface area (Å²) in [6.45, 7) is 1.97. The van der Waals surface area contributed by atoms with Crippen LogP contribution in [0, 0.1) is 0 Å². The molecule has 0 amide bonds. The first-order chi connectivity index (χ1) is 6.81. The van der Waals surface area contributed by atoms with Gasteiger partial charge in [0, 0.05) is 12.6 Å². The number of hydrogen-bond acceptors (Lipinski definition) is 5. The summed E-state index contributed by atoms with van der Waals surface area (Å²) in [6.07, 6.45) is 2.34. The van der Waals surface area contributed by atoms with Gasteiger partial charge in [0.05, 0.1) is 0 Å². The van der Waals surface area contributed by atoms with Crippen molar-refractivity contribution in [3.05, 3.63) is 24.2 Å². The lowest BCUT2D eigenvalue weighted by molar-refractivity contribution is 0.798. The highest BCUT2D eigenvalue weighted by atomic mass is 15.4. The molecule has 0 spiro atoms. The average Bonchev–Trinajstić information content (AvgIpc) is 2.61. The first-order valence-corrected chi connectivity index (χ1v) is 4.30. The molecule has 2 N–H and O–H groups in total. The number of hydrogen-bond donors (Lipinski definition) is 1. The van der Waals surface area contributed by atoms with Gasteiger partial charge in [-0.25, -0.2) is 0 Å². The van der Waals surface area contributed by atoms with Crippen LogP contribution in [0.2, 0.25) is 0 Å². The van der Waals surface area contributed by atoms with E-state index in [0.29, 0.717) is 17.6 Å². The predicted octanol–water partition coefficient (Wildman–Crippen LogP) is 0.202. The molecule has 0 radical (unpaired) electrons. The third-order valence-electron chi connectivity index (χ3n) is 1.77. The van der Waals surface area contributed by atoms with Crippen LogP contribution in [0.4, 0.5) is 5.95 Å². The van der Waals surface area contributed by atoms with Crippen LogP contribution in [-0.4, -0.2) is 25.0 Å². The van der Waals surface area contributed by atoms with E-state index in [1.807, 2.05) is 6.92 Å². The lowest BCUT2D eigenvalue weighted by Crippen LogP contribution is -2.04. The molecule has 72 valence electrons. The zero-order chi connectivity index (χ0) is 9.97. The molecular formula is C8H10N6. The van der Waals surface area contributed by atoms with E-state index >= 15 is 0 Å². The van der Waals surface area contributed by atoms with Crippen molar-refractivity contribution in [3.63, 3.8) is 0 Å². The fourth-order valence-electron chi connectivity index (χ4n) is 1.09. The second kappa shape index (κ2) is 3.41. The van der Waals surface area contributed by atoms with Gasteiger partial charge in [-0.15, -0.1) is 10.2 Å². The van der Waals surface area contributed by atoms with Gasteiger partial charge in [0.15, 0.2) is 11.6 Å². The Labute approximate surface area is 80.8 Å². The highest BCUT2D eigenvalue weighted by molar-refractivity contribution is 5.29. The summed E-state index contributed by atoms with van der Waals surface area (Å²) in [6, 6.07) is 3.55. The van der Waals surface area contributed by atoms with Crippen LogP contribution in [0.5, 0.6) is 0 Å². The van der Waals surface area contributed by atoms with Gasteiger partial charge in [-0.2, -0.15) is 14.8 Å². The Morgan fingerprint density at radius 2 is 2.36 bits per heavy atom. The Bertz CT molecular complexity index is 421. The van der Waals surface area contributed by atoms with Gasteiger partial charge in [-0.3, -0.25) is 0 Å². The number of nitrogens with two attached hydrogens (primary N) is 1. The zero-order valence-electron chi connectivity index (χ0n) is 7.75. The minimum atomic E-state index is 0.336. The van der Waals surface area contributed by atoms with Crippen LogP contribution in [-0.2, 0) is 6.42 Å². The Morgan fingerprint density at radius 1 is 1.50 bits per heavy atom. The molecule has 0 aliphatic rings. The largest absolute Gasteiger partial charge is 0.368 e. The first kappa shape index (κ1) is 8.61. The van der Waals surface area contributed by atoms with E-state index in [1.54, 1.807) is 18.3 Å². The fourth-order valence-corrected chi connectivity index (χ4v) is 1.09. The highest BCUT2D eigenvalue weighted by Crippen LogP contribution is 2.07. The van der Waals surface area contributed by atoms with Crippen molar-refractivity contribution in [2.24, 2.45) is 0 Å². The highest BCUT2D eigenvalue weighted by Gasteiger charge is 2.07. The van der Waals surface area contributed by atoms with Gasteiger partial charge in [0.2, 0.25) is 5.95 Å². The van der Waals surface area contributed by atoms with Crippen LogP contribution in [0.15, 0.2) is 18.3 Å². The average molecular weight is 190 g/mol. The maximum absolute atomic E-state index is 5.67. The molecular weight excluding hydrogens is 180 g/mol. The number of aryl methyl sites for hydroxylation is 1. The van der Waals surface area contributed by atoms with Crippen molar-refractivity contribution in [1.82, 2.24) is 25.0 Å². The van der Waals surface area contributed by atoms with Gasteiger partial charge >= 0.3 is 0 Å². The number of nitrogens with zero attached hydrogens (tertiary/aromatic N) is 5. The van der Waals surface area contributed by atoms with Crippen molar-refractivity contribution >= 4 is 5.95 Å². The van der Waals surface area contributed by atoms with E-state index in [1.165, 1.54) is 4.68 Å². The monoisotopic (exact) mass is 190 g/mol. The second-order valence-corrected chi connectivity index (χ2v) is 2.73. The van der Waals surface area contributed by atoms with E-state index in [9.17, 15) is 0 Å². The van der Waals surface area contributed by atoms with Crippen LogP contribution in [0.3, 0.4) is 0 Å². The van der Waals surface area contributed by atoms with Gasteiger partial charge in [0.25, 0.3) is 0 Å². The number of anilines is 1. The third kappa shape index (κ3) is 1.41. The number of aromatic nitrogens is 5. The molecule has 0 aromatic carbocycles. The van der Waals surface area contributed by atoms with E-state index in [2.05, 4.69) is 20.3 Å². The zero-order valence-corrected chi connectivity index (χ0v) is 7.75. The van der Waals surface area contributed by atoms with E-state index < -0.39 is 0 Å². The topological polar surface area (TPSA) is 82.5 Å². The Hall–Kier alpha value is -1.98. The standard InChI is InChI=1S/C8H10N6/c1-2-6-11-8(9)14(13-6)7-4-3-5-10-12-7/h3-5H,2H2,1H3,(H2,9,11,13). The lowest BCUT2D eigenvalue weighted by Gasteiger charge is -1.97. The summed E-state index contributed by atoms with van der Waals surface area (Å²) < 4.78 is 1.48. The van der Waals surface area contributed by atoms with Crippen molar-refractivity contribution < 1.29 is 0 Å². The van der Waals surface area contributed by atoms with Crippen LogP contribution < -0.4 is 5.73 Å². The summed E-state index contributed by atoms with van der Waals surface area (Å²) in [5.41, 5.74) is 5.67. The van der Waals surface area contributed by atoms with E-state index in [4.69, 9.17) is 5.73 Å². The van der Waals surface area contributed by atoms with Crippen LogP contribution in [0.1, 0.15) is 12.7 Å². The summed E-state index contributed by atoms with van der Waals surface area (Å²) in [5.74, 6) is 1.62. The maximum atomic E-state index is 5.67. The Morgan fingerprint density at radius 3 is 2.93 bits per heavy atom. The fraction of sp³-hybridized carbons (Fsp3) is 0.250. The van der Waals surface area contributed by atoms with Crippen molar-refractivity contribution in [1.29, 1.82) is 0 Å². The molecule has 2 aromatic heterocycles. The maximum Gasteiger partial charge on any atom is 0.225 e. The molecule has 0 saturated heterocycles. The molecule has 0 atom stereocenters. The summed E-state index contributed by atoms with van der Waals surface area (Å²) >= 11 is 0. The predicted molar refractivity (Wildman–Crippen MR) is 50.7 cm³/mol. The molecule has 2 aromatic rings. The van der Waals surface area contributed by atoms with Crippen molar-refractivity contribution in [2.45, 2.75) is 13.3 Å². The molecule has 14 heavy (non-hydrogen) atoms. The Kier molecular flexibility index (Phi) is 2.10. The second-order valence-electron chi connectivity index (χ2n) is 2.73. The molecule has 6 nitrogen and oxygen atoms in total. The SMILES string of the molecule is CCc1nc(N)n(-c2cccnn2)n1. The molecule has 0 fully saturated rings. The first-order valence-electron chi connectivity index (χ1n) is 4.30. The minimum Gasteiger partial charge on any atom is -0.368 e. The van der Waals surface area contributed by atoms with Crippen LogP contribution in [0.25, 0.3) is 5.82 Å². The number of nitrogen functional groups attached to an aromatic ring is 1. The van der Waals surface area contributed by atoms with E-state index in [-0.39, 0.29) is 0 Å². The van der Waals surface area contributed by atoms with Crippen molar-refractivity contribution in [2.75, 3.05) is 5.73 Å². The van der Waals surface area contributed by atoms with Crippen LogP contribution >= 0.6 is 0 Å². The lowest BCUT2D eigenvalue weighted by atomic mass is 10.5. The number of rotatable bonds is 2. The molecule has 6 heteroatoms. The van der Waals surface area contributed by atoms with Crippen molar-refractivity contribution in [3.8, 4) is 5.82 Å².